The summed E-state index contributed by atoms with van der Waals surface area (Å²) in [5.74, 6) is -0.952. The second kappa shape index (κ2) is 16.2. The lowest BCUT2D eigenvalue weighted by Crippen LogP contribution is -2.21. The molecule has 29 heavy (non-hydrogen) atoms. The van der Waals surface area contributed by atoms with Crippen LogP contribution < -0.4 is 0 Å². The highest BCUT2D eigenvalue weighted by atomic mass is 19.1. The molecule has 1 heterocycles. The molecule has 1 aromatic rings. The molecule has 166 valence electrons. The van der Waals surface area contributed by atoms with E-state index in [0.717, 1.165) is 19.3 Å². The molecule has 1 atom stereocenters. The maximum absolute atomic E-state index is 14.2. The maximum atomic E-state index is 14.2. The number of hydrogen-bond donors (Lipinski definition) is 0. The van der Waals surface area contributed by atoms with Gasteiger partial charge in [0.05, 0.1) is 13.0 Å². The van der Waals surface area contributed by atoms with Gasteiger partial charge in [-0.05, 0) is 25.5 Å². The molecule has 1 unspecified atom stereocenters. The van der Waals surface area contributed by atoms with Crippen molar-refractivity contribution in [1.82, 2.24) is 4.57 Å². The van der Waals surface area contributed by atoms with Crippen LogP contribution in [0.15, 0.2) is 18.3 Å². The van der Waals surface area contributed by atoms with Crippen LogP contribution in [-0.2, 0) is 4.74 Å². The first-order chi connectivity index (χ1) is 14.1. The first-order valence-corrected chi connectivity index (χ1v) is 11.6. The van der Waals surface area contributed by atoms with Gasteiger partial charge in [0.25, 0.3) is 0 Å². The van der Waals surface area contributed by atoms with E-state index in [2.05, 4.69) is 6.92 Å². The van der Waals surface area contributed by atoms with Crippen molar-refractivity contribution < 1.29 is 18.7 Å². The fourth-order valence-corrected chi connectivity index (χ4v) is 3.57. The van der Waals surface area contributed by atoms with E-state index < -0.39 is 18.0 Å². The number of alkyl halides is 1. The third kappa shape index (κ3) is 11.2. The fraction of sp³-hybridized carbons (Fsp3) is 0.750. The number of ether oxygens (including phenoxy) is 1. The summed E-state index contributed by atoms with van der Waals surface area (Å²) in [4.78, 5) is 24.1. The zero-order chi connectivity index (χ0) is 21.3. The number of nitrogens with zero attached hydrogens (tertiary/aromatic N) is 1. The maximum Gasteiger partial charge on any atom is 0.355 e. The second-order valence-corrected chi connectivity index (χ2v) is 7.86. The molecule has 0 aliphatic rings. The third-order valence-corrected chi connectivity index (χ3v) is 5.27. The van der Waals surface area contributed by atoms with Crippen molar-refractivity contribution >= 4 is 11.9 Å². The standard InChI is InChI=1S/C24H40FNO3/c1-3-5-6-7-8-9-10-11-12-13-14-15-17-21(25)20-23(27)26-19-16-18-22(26)24(28)29-4-2/h16,18-19,21H,3-15,17,20H2,1-2H3. The normalized spacial score (nSPS) is 12.1. The Morgan fingerprint density at radius 3 is 2.03 bits per heavy atom. The summed E-state index contributed by atoms with van der Waals surface area (Å²) < 4.78 is 20.3. The molecule has 0 fully saturated rings. The van der Waals surface area contributed by atoms with E-state index in [1.807, 2.05) is 0 Å². The van der Waals surface area contributed by atoms with E-state index in [1.54, 1.807) is 13.0 Å². The number of hydrogen-bond acceptors (Lipinski definition) is 3. The highest BCUT2D eigenvalue weighted by molar-refractivity contribution is 5.93. The summed E-state index contributed by atoms with van der Waals surface area (Å²) in [7, 11) is 0. The van der Waals surface area contributed by atoms with E-state index in [-0.39, 0.29) is 18.7 Å². The SMILES string of the molecule is CCCCCCCCCCCCCCC(F)CC(=O)n1cccc1C(=O)OCC. The molecule has 0 aromatic carbocycles. The van der Waals surface area contributed by atoms with Gasteiger partial charge in [-0.1, -0.05) is 84.0 Å². The van der Waals surface area contributed by atoms with E-state index in [9.17, 15) is 14.0 Å². The van der Waals surface area contributed by atoms with E-state index in [1.165, 1.54) is 74.6 Å². The Balaban J connectivity index is 2.08. The average molecular weight is 410 g/mol. The molecule has 0 bridgehead atoms. The van der Waals surface area contributed by atoms with Crippen molar-refractivity contribution in [3.63, 3.8) is 0 Å². The van der Waals surface area contributed by atoms with Gasteiger partial charge in [0, 0.05) is 6.20 Å². The Labute approximate surface area is 176 Å². The van der Waals surface area contributed by atoms with Gasteiger partial charge in [0.2, 0.25) is 5.91 Å². The number of esters is 1. The van der Waals surface area contributed by atoms with E-state index in [0.29, 0.717) is 6.42 Å². The highest BCUT2D eigenvalue weighted by Gasteiger charge is 2.19. The van der Waals surface area contributed by atoms with E-state index >= 15 is 0 Å². The van der Waals surface area contributed by atoms with Gasteiger partial charge in [-0.2, -0.15) is 0 Å². The molecule has 1 aromatic heterocycles. The molecule has 0 spiro atoms. The summed E-state index contributed by atoms with van der Waals surface area (Å²) in [6.45, 7) is 4.19. The van der Waals surface area contributed by atoms with E-state index in [4.69, 9.17) is 4.74 Å². The monoisotopic (exact) mass is 409 g/mol. The molecular weight excluding hydrogens is 369 g/mol. The van der Waals surface area contributed by atoms with Crippen LogP contribution in [0, 0.1) is 0 Å². The van der Waals surface area contributed by atoms with Crippen LogP contribution in [0.1, 0.15) is 119 Å². The van der Waals surface area contributed by atoms with Crippen LogP contribution in [0.25, 0.3) is 0 Å². The average Bonchev–Trinajstić information content (AvgIpc) is 3.19. The molecule has 0 saturated heterocycles. The van der Waals surface area contributed by atoms with Crippen LogP contribution in [0.3, 0.4) is 0 Å². The first-order valence-electron chi connectivity index (χ1n) is 11.6. The van der Waals surface area contributed by atoms with Gasteiger partial charge >= 0.3 is 5.97 Å². The number of halogens is 1. The molecule has 0 aliphatic heterocycles. The lowest BCUT2D eigenvalue weighted by atomic mass is 10.0. The van der Waals surface area contributed by atoms with Crippen molar-refractivity contribution in [2.75, 3.05) is 6.61 Å². The minimum Gasteiger partial charge on any atom is -0.461 e. The molecular formula is C24H40FNO3. The Bertz CT molecular complexity index is 570. The zero-order valence-corrected chi connectivity index (χ0v) is 18.5. The molecule has 0 aliphatic carbocycles. The summed E-state index contributed by atoms with van der Waals surface area (Å²) in [6, 6.07) is 3.12. The third-order valence-electron chi connectivity index (χ3n) is 5.27. The minimum atomic E-state index is -1.16. The van der Waals surface area contributed by atoms with Crippen molar-refractivity contribution in [3.05, 3.63) is 24.0 Å². The molecule has 0 saturated carbocycles. The first kappa shape index (κ1) is 25.4. The minimum absolute atomic E-state index is 0.161. The van der Waals surface area contributed by atoms with Gasteiger partial charge in [-0.15, -0.1) is 0 Å². The summed E-state index contributed by atoms with van der Waals surface area (Å²) in [5, 5.41) is 0. The Hall–Kier alpha value is -1.65. The fourth-order valence-electron chi connectivity index (χ4n) is 3.57. The molecule has 0 amide bonds. The Morgan fingerprint density at radius 2 is 1.48 bits per heavy atom. The molecule has 4 nitrogen and oxygen atoms in total. The van der Waals surface area contributed by atoms with Gasteiger partial charge < -0.3 is 4.74 Å². The summed E-state index contributed by atoms with van der Waals surface area (Å²) in [6.07, 6.45) is 15.4. The quantitative estimate of drug-likeness (QED) is 0.203. The molecule has 0 N–H and O–H groups in total. The second-order valence-electron chi connectivity index (χ2n) is 7.86. The van der Waals surface area contributed by atoms with Crippen LogP contribution in [0.5, 0.6) is 0 Å². The van der Waals surface area contributed by atoms with Crippen LogP contribution in [0.4, 0.5) is 4.39 Å². The van der Waals surface area contributed by atoms with Gasteiger partial charge in [-0.3, -0.25) is 9.36 Å². The van der Waals surface area contributed by atoms with Crippen LogP contribution >= 0.6 is 0 Å². The zero-order valence-electron chi connectivity index (χ0n) is 18.5. The topological polar surface area (TPSA) is 48.3 Å². The molecule has 5 heteroatoms. The lowest BCUT2D eigenvalue weighted by molar-refractivity contribution is 0.0506. The number of carbonyl (C=O) groups excluding carboxylic acids is 2. The smallest absolute Gasteiger partial charge is 0.355 e. The van der Waals surface area contributed by atoms with Gasteiger partial charge in [-0.25, -0.2) is 9.18 Å². The lowest BCUT2D eigenvalue weighted by Gasteiger charge is -2.10. The molecule has 0 radical (unpaired) electrons. The summed E-state index contributed by atoms with van der Waals surface area (Å²) in [5.41, 5.74) is 0.161. The highest BCUT2D eigenvalue weighted by Crippen LogP contribution is 2.16. The number of unbranched alkanes of at least 4 members (excludes halogenated alkanes) is 11. The predicted octanol–water partition coefficient (Wildman–Crippen LogP) is 7.12. The number of aromatic nitrogens is 1. The van der Waals surface area contributed by atoms with Crippen molar-refractivity contribution in [3.8, 4) is 0 Å². The van der Waals surface area contributed by atoms with Gasteiger partial charge in [0.15, 0.2) is 0 Å². The van der Waals surface area contributed by atoms with Gasteiger partial charge in [0.1, 0.15) is 11.9 Å². The largest absolute Gasteiger partial charge is 0.461 e. The Kier molecular flexibility index (Phi) is 14.2. The number of rotatable bonds is 17. The van der Waals surface area contributed by atoms with Crippen LogP contribution in [0.2, 0.25) is 0 Å². The van der Waals surface area contributed by atoms with Crippen molar-refractivity contribution in [2.24, 2.45) is 0 Å². The van der Waals surface area contributed by atoms with Crippen molar-refractivity contribution in [1.29, 1.82) is 0 Å². The number of carbonyl (C=O) groups is 2. The molecule has 1 rings (SSSR count). The Morgan fingerprint density at radius 1 is 0.931 bits per heavy atom. The van der Waals surface area contributed by atoms with Crippen molar-refractivity contribution in [2.45, 2.75) is 110 Å². The predicted molar refractivity (Wildman–Crippen MR) is 116 cm³/mol. The summed E-state index contributed by atoms with van der Waals surface area (Å²) >= 11 is 0. The van der Waals surface area contributed by atoms with Crippen LogP contribution in [-0.4, -0.2) is 29.2 Å².